The van der Waals surface area contributed by atoms with E-state index in [1.54, 1.807) is 12.1 Å². The van der Waals surface area contributed by atoms with E-state index in [-0.39, 0.29) is 12.5 Å². The summed E-state index contributed by atoms with van der Waals surface area (Å²) in [7, 11) is 0. The molecule has 0 aliphatic carbocycles. The van der Waals surface area contributed by atoms with Gasteiger partial charge in [0.05, 0.1) is 30.9 Å². The third-order valence-corrected chi connectivity index (χ3v) is 3.28. The van der Waals surface area contributed by atoms with Gasteiger partial charge in [-0.2, -0.15) is 0 Å². The maximum Gasteiger partial charge on any atom is 0.266 e. The van der Waals surface area contributed by atoms with Crippen LogP contribution >= 0.6 is 0 Å². The molecule has 5 nitrogen and oxygen atoms in total. The van der Waals surface area contributed by atoms with Gasteiger partial charge in [-0.25, -0.2) is 0 Å². The number of fused-ring (bicyclic) bond motifs is 1. The molecule has 0 aromatic heterocycles. The fourth-order valence-corrected chi connectivity index (χ4v) is 2.14. The quantitative estimate of drug-likeness (QED) is 0.778. The monoisotopic (exact) mass is 235 g/mol. The molecule has 1 amide bonds. The highest BCUT2D eigenvalue weighted by Crippen LogP contribution is 2.39. The van der Waals surface area contributed by atoms with Gasteiger partial charge in [0.2, 0.25) is 0 Å². The van der Waals surface area contributed by atoms with Crippen LogP contribution in [0.5, 0.6) is 5.75 Å². The van der Waals surface area contributed by atoms with Crippen LogP contribution in [0.3, 0.4) is 0 Å². The second-order valence-electron chi connectivity index (χ2n) is 4.50. The van der Waals surface area contributed by atoms with Crippen molar-refractivity contribution in [2.75, 3.05) is 25.1 Å². The largest absolute Gasteiger partial charge is 0.478 e. The Morgan fingerprint density at radius 3 is 2.82 bits per heavy atom. The Morgan fingerprint density at radius 1 is 1.41 bits per heavy atom. The van der Waals surface area contributed by atoms with Gasteiger partial charge in [0.15, 0.2) is 6.10 Å². The minimum absolute atomic E-state index is 0.118. The fourth-order valence-electron chi connectivity index (χ4n) is 2.14. The zero-order valence-electron chi connectivity index (χ0n) is 9.18. The van der Waals surface area contributed by atoms with Crippen LogP contribution in [0.25, 0.3) is 0 Å². The van der Waals surface area contributed by atoms with Crippen molar-refractivity contribution in [1.82, 2.24) is 0 Å². The van der Waals surface area contributed by atoms with Crippen molar-refractivity contribution < 1.29 is 19.4 Å². The van der Waals surface area contributed by atoms with Gasteiger partial charge in [-0.15, -0.1) is 0 Å². The van der Waals surface area contributed by atoms with Crippen LogP contribution in [0.15, 0.2) is 24.3 Å². The summed E-state index contributed by atoms with van der Waals surface area (Å²) in [5, 5.41) is 12.2. The molecule has 0 spiro atoms. The van der Waals surface area contributed by atoms with E-state index in [9.17, 15) is 9.90 Å². The molecule has 5 heteroatoms. The van der Waals surface area contributed by atoms with Gasteiger partial charge in [0, 0.05) is 0 Å². The van der Waals surface area contributed by atoms with Crippen LogP contribution in [0, 0.1) is 5.41 Å². The molecule has 3 rings (SSSR count). The van der Waals surface area contributed by atoms with Gasteiger partial charge >= 0.3 is 0 Å². The van der Waals surface area contributed by atoms with Crippen molar-refractivity contribution in [3.8, 4) is 5.75 Å². The second-order valence-corrected chi connectivity index (χ2v) is 4.50. The first kappa shape index (κ1) is 10.6. The third-order valence-electron chi connectivity index (χ3n) is 3.28. The summed E-state index contributed by atoms with van der Waals surface area (Å²) < 4.78 is 10.8. The van der Waals surface area contributed by atoms with Crippen molar-refractivity contribution >= 4 is 11.6 Å². The Bertz CT molecular complexity index is 450. The molecular weight excluding hydrogens is 222 g/mol. The number of carbonyl (C=O) groups is 1. The highest BCUT2D eigenvalue weighted by molar-refractivity contribution is 5.98. The summed E-state index contributed by atoms with van der Waals surface area (Å²) in [6.07, 6.45) is -0.684. The van der Waals surface area contributed by atoms with Crippen LogP contribution in [-0.2, 0) is 9.53 Å². The number of aliphatic hydroxyl groups excluding tert-OH is 1. The summed E-state index contributed by atoms with van der Waals surface area (Å²) in [6, 6.07) is 7.26. The van der Waals surface area contributed by atoms with Crippen LogP contribution in [0.2, 0.25) is 0 Å². The van der Waals surface area contributed by atoms with Crippen molar-refractivity contribution in [3.05, 3.63) is 24.3 Å². The van der Waals surface area contributed by atoms with Gasteiger partial charge in [0.25, 0.3) is 5.91 Å². The number of benzene rings is 1. The average molecular weight is 235 g/mol. The zero-order valence-corrected chi connectivity index (χ0v) is 9.18. The number of nitrogens with one attached hydrogen (secondary N) is 1. The number of ether oxygens (including phenoxy) is 2. The second kappa shape index (κ2) is 3.72. The molecule has 2 aliphatic heterocycles. The highest BCUT2D eigenvalue weighted by atomic mass is 16.5. The number of para-hydroxylation sites is 2. The third kappa shape index (κ3) is 1.50. The maximum absolute atomic E-state index is 12.0. The van der Waals surface area contributed by atoms with Crippen molar-refractivity contribution in [3.63, 3.8) is 0 Å². The lowest BCUT2D eigenvalue weighted by Crippen LogP contribution is -2.61. The molecule has 1 aromatic carbocycles. The average Bonchev–Trinajstić information content (AvgIpc) is 2.29. The minimum Gasteiger partial charge on any atom is -0.478 e. The molecule has 17 heavy (non-hydrogen) atoms. The lowest BCUT2D eigenvalue weighted by Gasteiger charge is -2.45. The molecule has 1 unspecified atom stereocenters. The summed E-state index contributed by atoms with van der Waals surface area (Å²) in [5.41, 5.74) is 0.0690. The smallest absolute Gasteiger partial charge is 0.266 e. The molecular formula is C12H13NO4. The molecule has 2 aliphatic rings. The maximum atomic E-state index is 12.0. The number of carbonyl (C=O) groups excluding carboxylic acids is 1. The number of hydrogen-bond donors (Lipinski definition) is 2. The van der Waals surface area contributed by atoms with E-state index in [2.05, 4.69) is 5.32 Å². The van der Waals surface area contributed by atoms with E-state index < -0.39 is 11.5 Å². The first-order valence-electron chi connectivity index (χ1n) is 5.50. The fraction of sp³-hybridized carbons (Fsp3) is 0.417. The normalized spacial score (nSPS) is 25.2. The Hall–Kier alpha value is -1.59. The first-order valence-corrected chi connectivity index (χ1v) is 5.50. The van der Waals surface area contributed by atoms with E-state index in [0.29, 0.717) is 24.7 Å². The Morgan fingerprint density at radius 2 is 2.18 bits per heavy atom. The number of hydrogen-bond acceptors (Lipinski definition) is 4. The van der Waals surface area contributed by atoms with Gasteiger partial charge in [-0.3, -0.25) is 4.79 Å². The number of aliphatic hydroxyl groups is 1. The van der Waals surface area contributed by atoms with Crippen LogP contribution < -0.4 is 10.1 Å². The number of anilines is 1. The van der Waals surface area contributed by atoms with E-state index in [0.717, 1.165) is 0 Å². The van der Waals surface area contributed by atoms with E-state index in [4.69, 9.17) is 9.47 Å². The molecule has 0 saturated carbocycles. The van der Waals surface area contributed by atoms with E-state index in [1.807, 2.05) is 12.1 Å². The summed E-state index contributed by atoms with van der Waals surface area (Å²) in [5.74, 6) is 0.415. The zero-order chi connectivity index (χ0) is 11.9. The predicted octanol–water partition coefficient (Wildman–Crippen LogP) is 0.395. The molecule has 0 radical (unpaired) electrons. The van der Waals surface area contributed by atoms with Crippen LogP contribution in [-0.4, -0.2) is 36.9 Å². The molecule has 0 bridgehead atoms. The minimum atomic E-state index is -0.684. The Kier molecular flexibility index (Phi) is 2.31. The molecule has 90 valence electrons. The lowest BCUT2D eigenvalue weighted by molar-refractivity contribution is -0.187. The summed E-state index contributed by atoms with van der Waals surface area (Å²) >= 11 is 0. The molecule has 1 atom stereocenters. The van der Waals surface area contributed by atoms with Crippen molar-refractivity contribution in [2.24, 2.45) is 5.41 Å². The Labute approximate surface area is 98.3 Å². The van der Waals surface area contributed by atoms with Crippen molar-refractivity contribution in [1.29, 1.82) is 0 Å². The summed E-state index contributed by atoms with van der Waals surface area (Å²) in [4.78, 5) is 12.0. The molecule has 2 N–H and O–H groups in total. The summed E-state index contributed by atoms with van der Waals surface area (Å²) in [6.45, 7) is 0.584. The van der Waals surface area contributed by atoms with Crippen LogP contribution in [0.1, 0.15) is 0 Å². The Balaban J connectivity index is 1.92. The van der Waals surface area contributed by atoms with E-state index in [1.165, 1.54) is 0 Å². The molecule has 1 fully saturated rings. The number of amides is 1. The SMILES string of the molecule is O=C1Nc2ccccc2OC1C1(CO)COC1. The van der Waals surface area contributed by atoms with Gasteiger partial charge in [-0.1, -0.05) is 12.1 Å². The topological polar surface area (TPSA) is 67.8 Å². The molecule has 2 heterocycles. The van der Waals surface area contributed by atoms with Gasteiger partial charge in [0.1, 0.15) is 5.75 Å². The highest BCUT2D eigenvalue weighted by Gasteiger charge is 2.52. The van der Waals surface area contributed by atoms with Gasteiger partial charge < -0.3 is 19.9 Å². The van der Waals surface area contributed by atoms with Crippen LogP contribution in [0.4, 0.5) is 5.69 Å². The van der Waals surface area contributed by atoms with Crippen molar-refractivity contribution in [2.45, 2.75) is 6.10 Å². The number of rotatable bonds is 2. The molecule has 1 aromatic rings. The lowest BCUT2D eigenvalue weighted by atomic mass is 9.79. The first-order chi connectivity index (χ1) is 8.25. The predicted molar refractivity (Wildman–Crippen MR) is 59.8 cm³/mol. The van der Waals surface area contributed by atoms with Gasteiger partial charge in [-0.05, 0) is 12.1 Å². The molecule has 1 saturated heterocycles. The van der Waals surface area contributed by atoms with E-state index >= 15 is 0 Å². The standard InChI is InChI=1S/C12H13NO4/c14-5-12(6-16-7-12)10-11(15)13-8-3-1-2-4-9(8)17-10/h1-4,10,14H,5-7H2,(H,13,15).